The molecule has 0 nitrogen and oxygen atoms in total. The van der Waals surface area contributed by atoms with Gasteiger partial charge < -0.3 is 0 Å². The molecule has 13 heavy (non-hydrogen) atoms. The molecule has 1 heteroatoms. The third-order valence-electron chi connectivity index (χ3n) is 2.27. The first-order valence-electron chi connectivity index (χ1n) is 5.01. The highest BCUT2D eigenvalue weighted by atomic mass is 35.5. The normalized spacial score (nSPS) is 12.8. The second kappa shape index (κ2) is 6.04. The van der Waals surface area contributed by atoms with Crippen molar-refractivity contribution in [3.8, 4) is 0 Å². The van der Waals surface area contributed by atoms with Crippen LogP contribution < -0.4 is 0 Å². The Morgan fingerprint density at radius 2 is 1.92 bits per heavy atom. The molecule has 0 amide bonds. The minimum atomic E-state index is 0.365. The van der Waals surface area contributed by atoms with Crippen molar-refractivity contribution in [2.75, 3.05) is 0 Å². The summed E-state index contributed by atoms with van der Waals surface area (Å²) in [5.41, 5.74) is 1.42. The Hall–Kier alpha value is -0.490. The zero-order chi connectivity index (χ0) is 9.52. The standard InChI is InChI=1S/C12H17Cl/c1-2-12(13)10-6-9-11-7-4-3-5-8-11/h3-5,7-8,12H,2,6,9-10H2,1H3. The maximum absolute atomic E-state index is 6.03. The lowest BCUT2D eigenvalue weighted by atomic mass is 10.1. The summed E-state index contributed by atoms with van der Waals surface area (Å²) >= 11 is 6.03. The van der Waals surface area contributed by atoms with Crippen molar-refractivity contribution in [3.63, 3.8) is 0 Å². The van der Waals surface area contributed by atoms with Gasteiger partial charge in [0.1, 0.15) is 0 Å². The Bertz CT molecular complexity index is 218. The maximum atomic E-state index is 6.03. The third kappa shape index (κ3) is 4.33. The summed E-state index contributed by atoms with van der Waals surface area (Å²) in [7, 11) is 0. The molecule has 0 radical (unpaired) electrons. The van der Waals surface area contributed by atoms with Gasteiger partial charge in [-0.15, -0.1) is 11.6 Å². The van der Waals surface area contributed by atoms with Crippen molar-refractivity contribution < 1.29 is 0 Å². The lowest BCUT2D eigenvalue weighted by Crippen LogP contribution is -1.96. The fourth-order valence-corrected chi connectivity index (χ4v) is 1.53. The summed E-state index contributed by atoms with van der Waals surface area (Å²) in [4.78, 5) is 0. The number of aryl methyl sites for hydroxylation is 1. The van der Waals surface area contributed by atoms with Crippen molar-refractivity contribution in [2.24, 2.45) is 0 Å². The Balaban J connectivity index is 2.20. The molecule has 0 spiro atoms. The molecular formula is C12H17Cl. The first kappa shape index (κ1) is 10.6. The molecule has 0 aliphatic rings. The SMILES string of the molecule is CCC(Cl)CCCc1ccccc1. The third-order valence-corrected chi connectivity index (χ3v) is 2.80. The molecule has 1 aromatic rings. The summed E-state index contributed by atoms with van der Waals surface area (Å²) < 4.78 is 0. The van der Waals surface area contributed by atoms with Gasteiger partial charge in [-0.05, 0) is 31.2 Å². The van der Waals surface area contributed by atoms with Gasteiger partial charge >= 0.3 is 0 Å². The summed E-state index contributed by atoms with van der Waals surface area (Å²) in [5.74, 6) is 0. The van der Waals surface area contributed by atoms with Crippen molar-refractivity contribution in [1.82, 2.24) is 0 Å². The molecule has 0 aliphatic carbocycles. The molecule has 0 aliphatic heterocycles. The molecule has 1 unspecified atom stereocenters. The number of benzene rings is 1. The number of halogens is 1. The Labute approximate surface area is 85.9 Å². The predicted molar refractivity (Wildman–Crippen MR) is 59.3 cm³/mol. The average molecular weight is 197 g/mol. The van der Waals surface area contributed by atoms with Gasteiger partial charge in [-0.3, -0.25) is 0 Å². The van der Waals surface area contributed by atoms with Crippen molar-refractivity contribution >= 4 is 11.6 Å². The minimum Gasteiger partial charge on any atom is -0.123 e. The van der Waals surface area contributed by atoms with Crippen LogP contribution in [0.15, 0.2) is 30.3 Å². The Morgan fingerprint density at radius 1 is 1.23 bits per heavy atom. The predicted octanol–water partition coefficient (Wildman–Crippen LogP) is 4.03. The quantitative estimate of drug-likeness (QED) is 0.624. The molecule has 1 atom stereocenters. The highest BCUT2D eigenvalue weighted by molar-refractivity contribution is 6.20. The van der Waals surface area contributed by atoms with E-state index in [0.29, 0.717) is 5.38 Å². The van der Waals surface area contributed by atoms with Crippen molar-refractivity contribution in [3.05, 3.63) is 35.9 Å². The highest BCUT2D eigenvalue weighted by Gasteiger charge is 2.00. The molecule has 0 aromatic heterocycles. The molecule has 0 bridgehead atoms. The van der Waals surface area contributed by atoms with E-state index in [4.69, 9.17) is 11.6 Å². The second-order valence-electron chi connectivity index (χ2n) is 3.38. The number of alkyl halides is 1. The first-order valence-corrected chi connectivity index (χ1v) is 5.44. The fourth-order valence-electron chi connectivity index (χ4n) is 1.38. The largest absolute Gasteiger partial charge is 0.123 e. The monoisotopic (exact) mass is 196 g/mol. The molecule has 0 heterocycles. The molecule has 0 fully saturated rings. The van der Waals surface area contributed by atoms with E-state index in [1.807, 2.05) is 0 Å². The average Bonchev–Trinajstić information content (AvgIpc) is 2.19. The number of hydrogen-bond donors (Lipinski definition) is 0. The number of rotatable bonds is 5. The van der Waals surface area contributed by atoms with Gasteiger partial charge in [0.15, 0.2) is 0 Å². The lowest BCUT2D eigenvalue weighted by molar-refractivity contribution is 0.675. The molecular weight excluding hydrogens is 180 g/mol. The van der Waals surface area contributed by atoms with Crippen LogP contribution in [0.25, 0.3) is 0 Å². The summed E-state index contributed by atoms with van der Waals surface area (Å²) in [5, 5.41) is 0.365. The van der Waals surface area contributed by atoms with E-state index in [0.717, 1.165) is 19.3 Å². The Kier molecular flexibility index (Phi) is 4.92. The first-order chi connectivity index (χ1) is 6.33. The lowest BCUT2D eigenvalue weighted by Gasteiger charge is -2.05. The van der Waals surface area contributed by atoms with Crippen LogP contribution in [0, 0.1) is 0 Å². The zero-order valence-electron chi connectivity index (χ0n) is 8.17. The van der Waals surface area contributed by atoms with Crippen LogP contribution in [-0.2, 0) is 6.42 Å². The maximum Gasteiger partial charge on any atom is 0.0333 e. The van der Waals surface area contributed by atoms with E-state index in [2.05, 4.69) is 37.3 Å². The van der Waals surface area contributed by atoms with Gasteiger partial charge in [0.05, 0.1) is 0 Å². The summed E-state index contributed by atoms with van der Waals surface area (Å²) in [6, 6.07) is 10.6. The van der Waals surface area contributed by atoms with Crippen molar-refractivity contribution in [1.29, 1.82) is 0 Å². The van der Waals surface area contributed by atoms with E-state index in [-0.39, 0.29) is 0 Å². The number of hydrogen-bond acceptors (Lipinski definition) is 0. The van der Waals surface area contributed by atoms with Gasteiger partial charge in [0, 0.05) is 5.38 Å². The molecule has 0 saturated carbocycles. The summed E-state index contributed by atoms with van der Waals surface area (Å²) in [6.45, 7) is 2.14. The topological polar surface area (TPSA) is 0 Å². The highest BCUT2D eigenvalue weighted by Crippen LogP contribution is 2.12. The fraction of sp³-hybridized carbons (Fsp3) is 0.500. The van der Waals surface area contributed by atoms with E-state index in [1.165, 1.54) is 12.0 Å². The van der Waals surface area contributed by atoms with Gasteiger partial charge in [-0.25, -0.2) is 0 Å². The van der Waals surface area contributed by atoms with Gasteiger partial charge in [-0.2, -0.15) is 0 Å². The Morgan fingerprint density at radius 3 is 2.54 bits per heavy atom. The van der Waals surface area contributed by atoms with Crippen LogP contribution in [-0.4, -0.2) is 5.38 Å². The van der Waals surface area contributed by atoms with Gasteiger partial charge in [0.2, 0.25) is 0 Å². The smallest absolute Gasteiger partial charge is 0.0333 e. The molecule has 72 valence electrons. The van der Waals surface area contributed by atoms with Crippen LogP contribution in [0.4, 0.5) is 0 Å². The van der Waals surface area contributed by atoms with E-state index < -0.39 is 0 Å². The zero-order valence-corrected chi connectivity index (χ0v) is 8.93. The van der Waals surface area contributed by atoms with E-state index in [1.54, 1.807) is 0 Å². The van der Waals surface area contributed by atoms with Crippen LogP contribution in [0.2, 0.25) is 0 Å². The second-order valence-corrected chi connectivity index (χ2v) is 4.00. The minimum absolute atomic E-state index is 0.365. The molecule has 1 rings (SSSR count). The van der Waals surface area contributed by atoms with Crippen molar-refractivity contribution in [2.45, 2.75) is 38.0 Å². The van der Waals surface area contributed by atoms with Gasteiger partial charge in [-0.1, -0.05) is 37.3 Å². The summed E-state index contributed by atoms with van der Waals surface area (Å²) in [6.07, 6.45) is 4.57. The van der Waals surface area contributed by atoms with Gasteiger partial charge in [0.25, 0.3) is 0 Å². The van der Waals surface area contributed by atoms with E-state index >= 15 is 0 Å². The molecule has 0 N–H and O–H groups in total. The van der Waals surface area contributed by atoms with Crippen LogP contribution >= 0.6 is 11.6 Å². The molecule has 1 aromatic carbocycles. The van der Waals surface area contributed by atoms with E-state index in [9.17, 15) is 0 Å². The van der Waals surface area contributed by atoms with Crippen LogP contribution in [0.3, 0.4) is 0 Å². The van der Waals surface area contributed by atoms with Crippen LogP contribution in [0.5, 0.6) is 0 Å². The molecule has 0 saturated heterocycles. The van der Waals surface area contributed by atoms with Crippen LogP contribution in [0.1, 0.15) is 31.7 Å².